The molecule has 0 bridgehead atoms. The molecule has 0 aromatic heterocycles. The molecule has 1 aliphatic heterocycles. The monoisotopic (exact) mass is 548 g/mol. The molecule has 0 N–H and O–H groups in total. The van der Waals surface area contributed by atoms with Gasteiger partial charge < -0.3 is 14.0 Å². The van der Waals surface area contributed by atoms with E-state index in [9.17, 15) is 8.96 Å². The average Bonchev–Trinajstić information content (AvgIpc) is 3.00. The third kappa shape index (κ3) is 4.59. The lowest BCUT2D eigenvalue weighted by molar-refractivity contribution is 0.403. The SMILES string of the molecule is COc1cc(P2(=O)Oc3ccc(-c4ccccc4)cc3-c3ccccc32)c(OC)cc1/C=C/c1ccc(F)cc1. The number of hydrogen-bond donors (Lipinski definition) is 0. The molecule has 1 heterocycles. The van der Waals surface area contributed by atoms with Crippen molar-refractivity contribution >= 4 is 30.1 Å². The molecule has 1 unspecified atom stereocenters. The van der Waals surface area contributed by atoms with Gasteiger partial charge in [0.2, 0.25) is 0 Å². The first-order valence-electron chi connectivity index (χ1n) is 12.8. The zero-order valence-electron chi connectivity index (χ0n) is 22.0. The second-order valence-electron chi connectivity index (χ2n) is 9.39. The van der Waals surface area contributed by atoms with Crippen LogP contribution in [0, 0.1) is 5.82 Å². The molecule has 40 heavy (non-hydrogen) atoms. The molecule has 0 aliphatic carbocycles. The number of methoxy groups -OCH3 is 2. The van der Waals surface area contributed by atoms with Crippen molar-refractivity contribution in [2.45, 2.75) is 0 Å². The molecule has 6 rings (SSSR count). The Labute approximate surface area is 232 Å². The molecule has 0 spiro atoms. The minimum Gasteiger partial charge on any atom is -0.496 e. The Morgan fingerprint density at radius 3 is 2.15 bits per heavy atom. The fraction of sp³-hybridized carbons (Fsp3) is 0.0588. The molecule has 0 fully saturated rings. The van der Waals surface area contributed by atoms with Crippen molar-refractivity contribution in [3.63, 3.8) is 0 Å². The van der Waals surface area contributed by atoms with Crippen LogP contribution in [-0.2, 0) is 4.57 Å². The summed E-state index contributed by atoms with van der Waals surface area (Å²) in [6, 6.07) is 33.4. The van der Waals surface area contributed by atoms with E-state index in [1.165, 1.54) is 12.1 Å². The third-order valence-corrected chi connectivity index (χ3v) is 9.46. The van der Waals surface area contributed by atoms with Crippen molar-refractivity contribution in [3.8, 4) is 39.5 Å². The van der Waals surface area contributed by atoms with Gasteiger partial charge in [-0.15, -0.1) is 0 Å². The van der Waals surface area contributed by atoms with E-state index in [-0.39, 0.29) is 5.82 Å². The highest BCUT2D eigenvalue weighted by molar-refractivity contribution is 7.75. The Balaban J connectivity index is 1.46. The molecule has 5 aromatic rings. The first-order valence-corrected chi connectivity index (χ1v) is 14.4. The molecule has 6 heteroatoms. The minimum absolute atomic E-state index is 0.295. The number of rotatable bonds is 6. The second-order valence-corrected chi connectivity index (χ2v) is 11.6. The van der Waals surface area contributed by atoms with Crippen molar-refractivity contribution in [1.29, 1.82) is 0 Å². The van der Waals surface area contributed by atoms with Crippen LogP contribution in [-0.4, -0.2) is 14.2 Å². The average molecular weight is 549 g/mol. The molecule has 4 nitrogen and oxygen atoms in total. The summed E-state index contributed by atoms with van der Waals surface area (Å²) in [5.41, 5.74) is 5.42. The van der Waals surface area contributed by atoms with Crippen LogP contribution >= 0.6 is 7.37 Å². The highest BCUT2D eigenvalue weighted by Crippen LogP contribution is 2.56. The van der Waals surface area contributed by atoms with E-state index in [4.69, 9.17) is 14.0 Å². The standard InChI is InChI=1S/C34H26FO4P/c1-37-31-22-34(32(38-2)21-26(31)15-12-23-13-17-27(35)18-14-23)40(36)33-11-7-6-10-28(33)29-20-25(16-19-30(29)39-40)24-8-4-3-5-9-24/h3-22H,1-2H3/b15-12+. The van der Waals surface area contributed by atoms with E-state index in [1.807, 2.05) is 66.7 Å². The molecule has 1 aliphatic rings. The predicted octanol–water partition coefficient (Wildman–Crippen LogP) is 7.97. The zero-order chi connectivity index (χ0) is 27.7. The molecular weight excluding hydrogens is 522 g/mol. The summed E-state index contributed by atoms with van der Waals surface area (Å²) >= 11 is 0. The van der Waals surface area contributed by atoms with Gasteiger partial charge in [-0.1, -0.05) is 78.9 Å². The van der Waals surface area contributed by atoms with E-state index in [0.717, 1.165) is 33.4 Å². The molecule has 198 valence electrons. The lowest BCUT2D eigenvalue weighted by atomic mass is 9.98. The summed E-state index contributed by atoms with van der Waals surface area (Å²) in [5.74, 6) is 1.18. The van der Waals surface area contributed by atoms with Crippen molar-refractivity contribution in [2.24, 2.45) is 0 Å². The van der Waals surface area contributed by atoms with Gasteiger partial charge in [0.05, 0.1) is 24.8 Å². The smallest absolute Gasteiger partial charge is 0.311 e. The van der Waals surface area contributed by atoms with Crippen molar-refractivity contribution in [3.05, 3.63) is 126 Å². The number of halogens is 1. The molecule has 0 saturated heterocycles. The quantitative estimate of drug-likeness (QED) is 0.160. The van der Waals surface area contributed by atoms with Gasteiger partial charge in [-0.25, -0.2) is 4.39 Å². The van der Waals surface area contributed by atoms with Crippen LogP contribution in [0.4, 0.5) is 4.39 Å². The number of hydrogen-bond acceptors (Lipinski definition) is 4. The first-order chi connectivity index (χ1) is 19.5. The lowest BCUT2D eigenvalue weighted by Gasteiger charge is -2.30. The summed E-state index contributed by atoms with van der Waals surface area (Å²) in [7, 11) is -0.538. The summed E-state index contributed by atoms with van der Waals surface area (Å²) in [6.45, 7) is 0. The fourth-order valence-electron chi connectivity index (χ4n) is 4.98. The van der Waals surface area contributed by atoms with Crippen LogP contribution in [0.25, 0.3) is 34.4 Å². The van der Waals surface area contributed by atoms with E-state index in [0.29, 0.717) is 27.9 Å². The third-order valence-electron chi connectivity index (χ3n) is 7.00. The molecule has 1 atom stereocenters. The topological polar surface area (TPSA) is 44.8 Å². The second kappa shape index (κ2) is 10.5. The van der Waals surface area contributed by atoms with Crippen molar-refractivity contribution < 1.29 is 23.0 Å². The van der Waals surface area contributed by atoms with Gasteiger partial charge in [0, 0.05) is 11.1 Å². The number of fused-ring (bicyclic) bond motifs is 3. The van der Waals surface area contributed by atoms with Crippen molar-refractivity contribution in [1.82, 2.24) is 0 Å². The summed E-state index contributed by atoms with van der Waals surface area (Å²) in [6.07, 6.45) is 3.70. The van der Waals surface area contributed by atoms with E-state index in [2.05, 4.69) is 18.2 Å². The van der Waals surface area contributed by atoms with Gasteiger partial charge in [-0.05, 0) is 64.7 Å². The van der Waals surface area contributed by atoms with Crippen LogP contribution in [0.5, 0.6) is 17.2 Å². The van der Waals surface area contributed by atoms with Crippen LogP contribution < -0.4 is 24.6 Å². The van der Waals surface area contributed by atoms with E-state index >= 15 is 0 Å². The molecule has 5 aromatic carbocycles. The van der Waals surface area contributed by atoms with Gasteiger partial charge >= 0.3 is 7.37 Å². The van der Waals surface area contributed by atoms with Gasteiger partial charge in [0.1, 0.15) is 23.1 Å². The maximum atomic E-state index is 14.9. The van der Waals surface area contributed by atoms with E-state index in [1.54, 1.807) is 38.5 Å². The Hall–Kier alpha value is -4.60. The summed E-state index contributed by atoms with van der Waals surface area (Å²) in [5, 5.41) is 1.01. The Bertz CT molecular complexity index is 1780. The van der Waals surface area contributed by atoms with Crippen LogP contribution in [0.1, 0.15) is 11.1 Å². The molecule has 0 radical (unpaired) electrons. The first kappa shape index (κ1) is 25.7. The summed E-state index contributed by atoms with van der Waals surface area (Å²) < 4.78 is 46.1. The predicted molar refractivity (Wildman–Crippen MR) is 160 cm³/mol. The maximum absolute atomic E-state index is 14.9. The molecular formula is C34H26FO4P. The number of benzene rings is 5. The van der Waals surface area contributed by atoms with Gasteiger partial charge in [0.15, 0.2) is 0 Å². The van der Waals surface area contributed by atoms with Gasteiger partial charge in [-0.2, -0.15) is 0 Å². The zero-order valence-corrected chi connectivity index (χ0v) is 22.9. The maximum Gasteiger partial charge on any atom is 0.311 e. The Kier molecular flexibility index (Phi) is 6.75. The van der Waals surface area contributed by atoms with Crippen LogP contribution in [0.3, 0.4) is 0 Å². The van der Waals surface area contributed by atoms with Gasteiger partial charge in [-0.3, -0.25) is 4.57 Å². The van der Waals surface area contributed by atoms with Crippen LogP contribution in [0.2, 0.25) is 0 Å². The number of ether oxygens (including phenoxy) is 2. The molecule has 0 amide bonds. The normalized spacial score (nSPS) is 15.7. The Morgan fingerprint density at radius 2 is 1.40 bits per heavy atom. The van der Waals surface area contributed by atoms with Gasteiger partial charge in [0.25, 0.3) is 0 Å². The highest BCUT2D eigenvalue weighted by atomic mass is 31.2. The fourth-order valence-corrected chi connectivity index (χ4v) is 7.40. The minimum atomic E-state index is -3.64. The highest BCUT2D eigenvalue weighted by Gasteiger charge is 2.40. The lowest BCUT2D eigenvalue weighted by Crippen LogP contribution is -2.26. The largest absolute Gasteiger partial charge is 0.496 e. The molecule has 0 saturated carbocycles. The van der Waals surface area contributed by atoms with Crippen LogP contribution in [0.15, 0.2) is 109 Å². The van der Waals surface area contributed by atoms with E-state index < -0.39 is 7.37 Å². The summed E-state index contributed by atoms with van der Waals surface area (Å²) in [4.78, 5) is 0. The van der Waals surface area contributed by atoms with Crippen molar-refractivity contribution in [2.75, 3.05) is 14.2 Å². The Morgan fingerprint density at radius 1 is 0.675 bits per heavy atom.